The third-order valence-electron chi connectivity index (χ3n) is 6.99. The smallest absolute Gasteiger partial charge is 0.387 e. The highest BCUT2D eigenvalue weighted by Gasteiger charge is 2.32. The van der Waals surface area contributed by atoms with Crippen molar-refractivity contribution in [3.05, 3.63) is 29.3 Å². The minimum absolute atomic E-state index is 0.108. The summed E-state index contributed by atoms with van der Waals surface area (Å²) in [6.45, 7) is -0.958. The zero-order valence-electron chi connectivity index (χ0n) is 16.7. The third kappa shape index (κ3) is 5.52. The first-order valence-electron chi connectivity index (χ1n) is 10.9. The summed E-state index contributed by atoms with van der Waals surface area (Å²) in [5.74, 6) is -1.36. The van der Waals surface area contributed by atoms with E-state index in [2.05, 4.69) is 11.7 Å². The summed E-state index contributed by atoms with van der Waals surface area (Å²) in [6.07, 6.45) is 9.55. The Balaban J connectivity index is 1.52. The van der Waals surface area contributed by atoms with E-state index in [4.69, 9.17) is 0 Å². The first-order valence-corrected chi connectivity index (χ1v) is 13.4. The quantitative estimate of drug-likeness (QED) is 0.335. The van der Waals surface area contributed by atoms with Gasteiger partial charge >= 0.3 is 6.61 Å². The molecule has 0 unspecified atom stereocenters. The van der Waals surface area contributed by atoms with Crippen LogP contribution in [0.4, 0.5) is 17.6 Å². The molecular formula is C22H32F4OSi. The summed E-state index contributed by atoms with van der Waals surface area (Å²) in [6, 6.07) is 6.85. The van der Waals surface area contributed by atoms with E-state index < -0.39 is 32.8 Å². The van der Waals surface area contributed by atoms with Crippen LogP contribution in [-0.4, -0.2) is 15.4 Å². The molecule has 1 aromatic carbocycles. The van der Waals surface area contributed by atoms with E-state index in [9.17, 15) is 17.6 Å². The predicted molar refractivity (Wildman–Crippen MR) is 107 cm³/mol. The summed E-state index contributed by atoms with van der Waals surface area (Å²) < 4.78 is 56.6. The highest BCUT2D eigenvalue weighted by Crippen LogP contribution is 2.44. The third-order valence-corrected chi connectivity index (χ3v) is 10.5. The van der Waals surface area contributed by atoms with Gasteiger partial charge in [0.1, 0.15) is 0 Å². The molecule has 0 spiro atoms. The normalized spacial score (nSPS) is 28.5. The topological polar surface area (TPSA) is 9.23 Å². The van der Waals surface area contributed by atoms with Crippen LogP contribution in [0.1, 0.15) is 69.8 Å². The maximum atomic E-state index is 14.0. The summed E-state index contributed by atoms with van der Waals surface area (Å²) in [5.41, 5.74) is 0.575. The van der Waals surface area contributed by atoms with Gasteiger partial charge in [-0.25, -0.2) is 8.78 Å². The second kappa shape index (κ2) is 10.1. The predicted octanol–water partition coefficient (Wildman–Crippen LogP) is 7.28. The van der Waals surface area contributed by atoms with E-state index in [-0.39, 0.29) is 5.92 Å². The molecule has 1 aliphatic heterocycles. The maximum absolute atomic E-state index is 14.0. The highest BCUT2D eigenvalue weighted by atomic mass is 28.3. The minimum atomic E-state index is -3.23. The lowest BCUT2D eigenvalue weighted by molar-refractivity contribution is -0.0546. The van der Waals surface area contributed by atoms with E-state index >= 15 is 0 Å². The number of ether oxygens (including phenoxy) is 1. The van der Waals surface area contributed by atoms with Gasteiger partial charge in [-0.3, -0.25) is 0 Å². The van der Waals surface area contributed by atoms with Crippen LogP contribution in [0, 0.1) is 23.5 Å². The summed E-state index contributed by atoms with van der Waals surface area (Å²) in [7, 11) is -0.474. The Morgan fingerprint density at radius 2 is 1.54 bits per heavy atom. The molecule has 1 aromatic rings. The fourth-order valence-electron chi connectivity index (χ4n) is 5.38. The molecule has 0 bridgehead atoms. The Hall–Kier alpha value is -1.04. The van der Waals surface area contributed by atoms with Gasteiger partial charge in [0.2, 0.25) is 0 Å². The lowest BCUT2D eigenvalue weighted by Gasteiger charge is -2.37. The van der Waals surface area contributed by atoms with Crippen LogP contribution in [0.25, 0.3) is 0 Å². The average molecular weight is 417 g/mol. The summed E-state index contributed by atoms with van der Waals surface area (Å²) >= 11 is 0. The van der Waals surface area contributed by atoms with Gasteiger partial charge < -0.3 is 4.74 Å². The van der Waals surface area contributed by atoms with Gasteiger partial charge in [0.15, 0.2) is 17.4 Å². The molecule has 158 valence electrons. The zero-order valence-corrected chi connectivity index (χ0v) is 17.9. The van der Waals surface area contributed by atoms with Crippen molar-refractivity contribution in [1.82, 2.24) is 0 Å². The fraction of sp³-hybridized carbons (Fsp3) is 0.727. The zero-order chi connectivity index (χ0) is 20.1. The molecule has 3 rings (SSSR count). The summed E-state index contributed by atoms with van der Waals surface area (Å²) in [5, 5.41) is 0. The average Bonchev–Trinajstić information content (AvgIpc) is 2.69. The van der Waals surface area contributed by atoms with E-state index in [0.717, 1.165) is 37.5 Å². The van der Waals surface area contributed by atoms with Crippen molar-refractivity contribution in [1.29, 1.82) is 0 Å². The second-order valence-electron chi connectivity index (χ2n) is 8.73. The molecule has 1 heterocycles. The standard InChI is InChI=1S/C22H32F4OSi/c1-2-3-10-28-11-8-17(9-12-28)15-4-6-16(7-5-15)18-13-19(23)21(20(24)14-18)27-22(25)26/h13-17,22,28H,2-12H2,1H3/t15?,16?,17-,28-. The van der Waals surface area contributed by atoms with Gasteiger partial charge in [-0.1, -0.05) is 50.7 Å². The number of hydrogen-bond donors (Lipinski definition) is 0. The first kappa shape index (κ1) is 21.7. The van der Waals surface area contributed by atoms with Crippen molar-refractivity contribution in [2.75, 3.05) is 0 Å². The van der Waals surface area contributed by atoms with Gasteiger partial charge in [0, 0.05) is 8.80 Å². The number of halogens is 4. The van der Waals surface area contributed by atoms with Crippen LogP contribution in [0.2, 0.25) is 18.1 Å². The minimum Gasteiger partial charge on any atom is -0.429 e. The Morgan fingerprint density at radius 3 is 2.07 bits per heavy atom. The molecular weight excluding hydrogens is 384 g/mol. The van der Waals surface area contributed by atoms with Crippen molar-refractivity contribution in [2.45, 2.75) is 89.0 Å². The van der Waals surface area contributed by atoms with Crippen molar-refractivity contribution >= 4 is 8.80 Å². The highest BCUT2D eigenvalue weighted by molar-refractivity contribution is 6.58. The number of hydrogen-bond acceptors (Lipinski definition) is 1. The van der Waals surface area contributed by atoms with Crippen molar-refractivity contribution in [2.24, 2.45) is 11.8 Å². The molecule has 2 aliphatic rings. The molecule has 1 saturated carbocycles. The Morgan fingerprint density at radius 1 is 0.964 bits per heavy atom. The van der Waals surface area contributed by atoms with E-state index in [1.165, 1.54) is 55.9 Å². The number of rotatable bonds is 7. The van der Waals surface area contributed by atoms with Crippen LogP contribution < -0.4 is 4.74 Å². The van der Waals surface area contributed by atoms with Crippen LogP contribution >= 0.6 is 0 Å². The molecule has 2 fully saturated rings. The molecule has 0 atom stereocenters. The van der Waals surface area contributed by atoms with E-state index in [1.54, 1.807) is 0 Å². The lowest BCUT2D eigenvalue weighted by atomic mass is 9.72. The largest absolute Gasteiger partial charge is 0.429 e. The van der Waals surface area contributed by atoms with Crippen LogP contribution in [0.15, 0.2) is 12.1 Å². The number of alkyl halides is 2. The Bertz CT molecular complexity index is 600. The van der Waals surface area contributed by atoms with E-state index in [1.807, 2.05) is 0 Å². The molecule has 1 saturated heterocycles. The first-order chi connectivity index (χ1) is 13.5. The van der Waals surface area contributed by atoms with Gasteiger partial charge in [-0.2, -0.15) is 8.78 Å². The Kier molecular flexibility index (Phi) is 7.83. The van der Waals surface area contributed by atoms with Crippen LogP contribution in [0.3, 0.4) is 0 Å². The van der Waals surface area contributed by atoms with Crippen LogP contribution in [-0.2, 0) is 0 Å². The monoisotopic (exact) mass is 416 g/mol. The number of unbranched alkanes of at least 4 members (excludes halogenated alkanes) is 1. The van der Waals surface area contributed by atoms with Gasteiger partial charge in [0.25, 0.3) is 0 Å². The maximum Gasteiger partial charge on any atom is 0.387 e. The second-order valence-corrected chi connectivity index (χ2v) is 12.2. The van der Waals surface area contributed by atoms with Crippen molar-refractivity contribution in [3.63, 3.8) is 0 Å². The molecule has 0 N–H and O–H groups in total. The van der Waals surface area contributed by atoms with Crippen molar-refractivity contribution in [3.8, 4) is 5.75 Å². The number of benzene rings is 1. The van der Waals surface area contributed by atoms with Crippen molar-refractivity contribution < 1.29 is 22.3 Å². The van der Waals surface area contributed by atoms with Gasteiger partial charge in [-0.15, -0.1) is 0 Å². The molecule has 28 heavy (non-hydrogen) atoms. The molecule has 1 aliphatic carbocycles. The molecule has 0 amide bonds. The molecule has 1 nitrogen and oxygen atoms in total. The Labute approximate surface area is 167 Å². The fourth-order valence-corrected chi connectivity index (χ4v) is 9.03. The SMILES string of the molecule is CCCC[Si@H]1CC[C@H](C2CCC(c3cc(F)c(OC(F)F)c(F)c3)CC2)CC1. The van der Waals surface area contributed by atoms with Gasteiger partial charge in [0.05, 0.1) is 0 Å². The molecule has 0 radical (unpaired) electrons. The molecule has 0 aromatic heterocycles. The van der Waals surface area contributed by atoms with E-state index in [0.29, 0.717) is 5.56 Å². The summed E-state index contributed by atoms with van der Waals surface area (Å²) in [4.78, 5) is 0. The molecule has 6 heteroatoms. The lowest BCUT2D eigenvalue weighted by Crippen LogP contribution is -2.28. The van der Waals surface area contributed by atoms with Gasteiger partial charge in [-0.05, 0) is 61.1 Å². The van der Waals surface area contributed by atoms with Crippen LogP contribution in [0.5, 0.6) is 5.75 Å².